The fraction of sp³-hybridized carbons (Fsp3) is 0.533. The van der Waals surface area contributed by atoms with E-state index in [0.717, 1.165) is 22.2 Å². The lowest BCUT2D eigenvalue weighted by atomic mass is 9.99. The van der Waals surface area contributed by atoms with Crippen LogP contribution in [-0.2, 0) is 6.54 Å². The lowest BCUT2D eigenvalue weighted by Crippen LogP contribution is -2.08. The lowest BCUT2D eigenvalue weighted by Gasteiger charge is -2.07. The Kier molecular flexibility index (Phi) is 3.88. The molecular weight excluding hydrogens is 246 g/mol. The average Bonchev–Trinajstić information content (AvgIpc) is 2.67. The van der Waals surface area contributed by atoms with Gasteiger partial charge in [0.05, 0.1) is 11.2 Å². The van der Waals surface area contributed by atoms with Crippen LogP contribution >= 0.6 is 0 Å². The molecular formula is C15H20F2N2. The number of halogens is 2. The van der Waals surface area contributed by atoms with Gasteiger partial charge in [0.2, 0.25) is 0 Å². The highest BCUT2D eigenvalue weighted by Crippen LogP contribution is 2.28. The summed E-state index contributed by atoms with van der Waals surface area (Å²) in [7, 11) is 0. The van der Waals surface area contributed by atoms with Gasteiger partial charge in [0.25, 0.3) is 6.43 Å². The first-order valence-corrected chi connectivity index (χ1v) is 6.68. The molecule has 0 aliphatic heterocycles. The zero-order valence-corrected chi connectivity index (χ0v) is 11.8. The van der Waals surface area contributed by atoms with Gasteiger partial charge in [-0.25, -0.2) is 8.78 Å². The molecule has 1 aromatic carbocycles. The number of hydrogen-bond donors (Lipinski definition) is 0. The number of aromatic nitrogens is 2. The van der Waals surface area contributed by atoms with E-state index in [1.165, 1.54) is 4.68 Å². The van der Waals surface area contributed by atoms with E-state index in [9.17, 15) is 8.78 Å². The Balaban J connectivity index is 2.61. The highest BCUT2D eigenvalue weighted by atomic mass is 19.3. The van der Waals surface area contributed by atoms with E-state index in [0.29, 0.717) is 5.92 Å². The number of benzene rings is 1. The van der Waals surface area contributed by atoms with Crippen LogP contribution in [0.25, 0.3) is 10.9 Å². The van der Waals surface area contributed by atoms with Crippen LogP contribution in [0.5, 0.6) is 0 Å². The van der Waals surface area contributed by atoms with Crippen molar-refractivity contribution in [3.8, 4) is 0 Å². The normalized spacial score (nSPS) is 12.3. The van der Waals surface area contributed by atoms with Gasteiger partial charge in [-0.1, -0.05) is 39.8 Å². The second-order valence-electron chi connectivity index (χ2n) is 5.54. The second-order valence-corrected chi connectivity index (χ2v) is 5.54. The van der Waals surface area contributed by atoms with Crippen molar-refractivity contribution in [3.05, 3.63) is 29.5 Å². The molecule has 0 N–H and O–H groups in total. The molecule has 0 bridgehead atoms. The van der Waals surface area contributed by atoms with Crippen molar-refractivity contribution in [1.82, 2.24) is 9.78 Å². The molecule has 0 unspecified atom stereocenters. The molecule has 0 fully saturated rings. The molecule has 0 atom stereocenters. The lowest BCUT2D eigenvalue weighted by molar-refractivity contribution is 0.123. The molecule has 2 nitrogen and oxygen atoms in total. The SMILES string of the molecule is CC(C)c1ccc2c(C(C)C)nn(CC(F)F)c2c1. The fourth-order valence-corrected chi connectivity index (χ4v) is 2.27. The summed E-state index contributed by atoms with van der Waals surface area (Å²) in [6.07, 6.45) is -2.38. The van der Waals surface area contributed by atoms with E-state index in [4.69, 9.17) is 0 Å². The minimum Gasteiger partial charge on any atom is -0.259 e. The predicted octanol–water partition coefficient (Wildman–Crippen LogP) is 4.55. The van der Waals surface area contributed by atoms with Crippen molar-refractivity contribution in [2.24, 2.45) is 0 Å². The molecule has 0 saturated carbocycles. The van der Waals surface area contributed by atoms with E-state index < -0.39 is 6.43 Å². The monoisotopic (exact) mass is 266 g/mol. The van der Waals surface area contributed by atoms with Gasteiger partial charge in [-0.05, 0) is 23.5 Å². The topological polar surface area (TPSA) is 17.8 Å². The van der Waals surface area contributed by atoms with Crippen LogP contribution in [0.15, 0.2) is 18.2 Å². The number of fused-ring (bicyclic) bond motifs is 1. The average molecular weight is 266 g/mol. The molecule has 0 saturated heterocycles. The third-order valence-corrected chi connectivity index (χ3v) is 3.33. The van der Waals surface area contributed by atoms with E-state index in [2.05, 4.69) is 25.0 Å². The Morgan fingerprint density at radius 1 is 1.11 bits per heavy atom. The summed E-state index contributed by atoms with van der Waals surface area (Å²) in [6.45, 7) is 7.91. The maximum atomic E-state index is 12.7. The Bertz CT molecular complexity index is 571. The molecule has 2 rings (SSSR count). The largest absolute Gasteiger partial charge is 0.259 e. The molecule has 4 heteroatoms. The molecule has 104 valence electrons. The standard InChI is InChI=1S/C15H20F2N2/c1-9(2)11-5-6-12-13(7-11)19(8-14(16)17)18-15(12)10(3)4/h5-7,9-10,14H,8H2,1-4H3. The van der Waals surface area contributed by atoms with Crippen molar-refractivity contribution in [2.45, 2.75) is 52.5 Å². The number of hydrogen-bond acceptors (Lipinski definition) is 1. The van der Waals surface area contributed by atoms with Crippen molar-refractivity contribution >= 4 is 10.9 Å². The maximum Gasteiger partial charge on any atom is 0.257 e. The van der Waals surface area contributed by atoms with Crippen molar-refractivity contribution < 1.29 is 8.78 Å². The van der Waals surface area contributed by atoms with Gasteiger partial charge in [0.1, 0.15) is 6.54 Å². The highest BCUT2D eigenvalue weighted by molar-refractivity contribution is 5.83. The third kappa shape index (κ3) is 2.77. The van der Waals surface area contributed by atoms with Crippen LogP contribution in [-0.4, -0.2) is 16.2 Å². The predicted molar refractivity (Wildman–Crippen MR) is 73.9 cm³/mol. The Morgan fingerprint density at radius 2 is 1.79 bits per heavy atom. The summed E-state index contributed by atoms with van der Waals surface area (Å²) in [6, 6.07) is 6.06. The Morgan fingerprint density at radius 3 is 2.32 bits per heavy atom. The molecule has 0 aliphatic rings. The van der Waals surface area contributed by atoms with Gasteiger partial charge in [0.15, 0.2) is 0 Å². The smallest absolute Gasteiger partial charge is 0.257 e. The summed E-state index contributed by atoms with van der Waals surface area (Å²) in [5, 5.41) is 5.35. The van der Waals surface area contributed by atoms with Crippen molar-refractivity contribution in [2.75, 3.05) is 0 Å². The minimum atomic E-state index is -2.38. The quantitative estimate of drug-likeness (QED) is 0.794. The van der Waals surface area contributed by atoms with Gasteiger partial charge in [-0.3, -0.25) is 4.68 Å². The van der Waals surface area contributed by atoms with Crippen molar-refractivity contribution in [3.63, 3.8) is 0 Å². The summed E-state index contributed by atoms with van der Waals surface area (Å²) < 4.78 is 26.8. The van der Waals surface area contributed by atoms with Crippen LogP contribution in [0.4, 0.5) is 8.78 Å². The van der Waals surface area contributed by atoms with E-state index >= 15 is 0 Å². The van der Waals surface area contributed by atoms with Crippen LogP contribution in [0.2, 0.25) is 0 Å². The number of nitrogens with zero attached hydrogens (tertiary/aromatic N) is 2. The first-order valence-electron chi connectivity index (χ1n) is 6.68. The van der Waals surface area contributed by atoms with Gasteiger partial charge < -0.3 is 0 Å². The number of alkyl halides is 2. The highest BCUT2D eigenvalue weighted by Gasteiger charge is 2.16. The molecule has 0 spiro atoms. The van der Waals surface area contributed by atoms with Crippen LogP contribution in [0.1, 0.15) is 50.8 Å². The van der Waals surface area contributed by atoms with E-state index in [1.807, 2.05) is 26.0 Å². The molecule has 2 aromatic rings. The fourth-order valence-electron chi connectivity index (χ4n) is 2.27. The van der Waals surface area contributed by atoms with Gasteiger partial charge >= 0.3 is 0 Å². The first kappa shape index (κ1) is 14.0. The second kappa shape index (κ2) is 5.27. The third-order valence-electron chi connectivity index (χ3n) is 3.33. The van der Waals surface area contributed by atoms with Gasteiger partial charge in [0, 0.05) is 5.39 Å². The molecule has 19 heavy (non-hydrogen) atoms. The zero-order valence-electron chi connectivity index (χ0n) is 11.8. The van der Waals surface area contributed by atoms with Gasteiger partial charge in [-0.2, -0.15) is 5.10 Å². The van der Waals surface area contributed by atoms with Crippen LogP contribution < -0.4 is 0 Å². The summed E-state index contributed by atoms with van der Waals surface area (Å²) >= 11 is 0. The molecule has 0 radical (unpaired) electrons. The number of rotatable bonds is 4. The summed E-state index contributed by atoms with van der Waals surface area (Å²) in [4.78, 5) is 0. The molecule has 1 aromatic heterocycles. The maximum absolute atomic E-state index is 12.7. The van der Waals surface area contributed by atoms with Crippen LogP contribution in [0.3, 0.4) is 0 Å². The van der Waals surface area contributed by atoms with E-state index in [1.54, 1.807) is 0 Å². The Hall–Kier alpha value is -1.45. The van der Waals surface area contributed by atoms with Gasteiger partial charge in [-0.15, -0.1) is 0 Å². The first-order chi connectivity index (χ1) is 8.90. The van der Waals surface area contributed by atoms with E-state index in [-0.39, 0.29) is 12.5 Å². The van der Waals surface area contributed by atoms with Crippen LogP contribution in [0, 0.1) is 0 Å². The molecule has 0 amide bonds. The summed E-state index contributed by atoms with van der Waals surface area (Å²) in [5.74, 6) is 0.605. The molecule has 1 heterocycles. The Labute approximate surface area is 112 Å². The summed E-state index contributed by atoms with van der Waals surface area (Å²) in [5.41, 5.74) is 2.86. The molecule has 0 aliphatic carbocycles. The van der Waals surface area contributed by atoms with Crippen molar-refractivity contribution in [1.29, 1.82) is 0 Å². The minimum absolute atomic E-state index is 0.228. The zero-order chi connectivity index (χ0) is 14.2.